The molecule has 1 heterocycles. The lowest BCUT2D eigenvalue weighted by atomic mass is 9.78. The molecule has 1 nitrogen and oxygen atoms in total. The Morgan fingerprint density at radius 2 is 1.57 bits per heavy atom. The Balaban J connectivity index is 1.54. The molecule has 0 aliphatic heterocycles. The number of halogens is 1. The number of aryl methyl sites for hydroxylation is 2. The molecule has 0 spiro atoms. The smallest absolute Gasteiger partial charge is 0.132 e. The normalized spacial score (nSPS) is 19.7. The number of hydrogen-bond acceptors (Lipinski definition) is 1. The first-order valence-electron chi connectivity index (χ1n) is 11.4. The van der Waals surface area contributed by atoms with Crippen molar-refractivity contribution >= 4 is 0 Å². The molecular weight excluding hydrogens is 345 g/mol. The Kier molecular flexibility index (Phi) is 8.06. The van der Waals surface area contributed by atoms with E-state index in [4.69, 9.17) is 0 Å². The van der Waals surface area contributed by atoms with Crippen LogP contribution in [0, 0.1) is 17.7 Å². The highest BCUT2D eigenvalue weighted by Gasteiger charge is 2.20. The van der Waals surface area contributed by atoms with Crippen molar-refractivity contribution in [3.05, 3.63) is 53.5 Å². The van der Waals surface area contributed by atoms with Crippen molar-refractivity contribution in [1.29, 1.82) is 0 Å². The van der Waals surface area contributed by atoms with E-state index in [9.17, 15) is 4.39 Å². The van der Waals surface area contributed by atoms with Gasteiger partial charge in [0.05, 0.1) is 5.69 Å². The van der Waals surface area contributed by atoms with Crippen molar-refractivity contribution in [1.82, 2.24) is 4.98 Å². The SMILES string of the molecule is CCCCc1ccc(-c2ccc(CCC3CCC(CCC)CC3)cc2F)nc1. The predicted octanol–water partition coefficient (Wildman–Crippen LogP) is 7.77. The van der Waals surface area contributed by atoms with Gasteiger partial charge in [-0.05, 0) is 66.8 Å². The summed E-state index contributed by atoms with van der Waals surface area (Å²) in [5.74, 6) is 1.64. The van der Waals surface area contributed by atoms with Gasteiger partial charge in [-0.15, -0.1) is 0 Å². The summed E-state index contributed by atoms with van der Waals surface area (Å²) in [6.45, 7) is 4.48. The molecule has 0 radical (unpaired) electrons. The molecule has 2 aromatic rings. The lowest BCUT2D eigenvalue weighted by molar-refractivity contribution is 0.252. The maximum Gasteiger partial charge on any atom is 0.132 e. The minimum Gasteiger partial charge on any atom is -0.256 e. The van der Waals surface area contributed by atoms with Crippen LogP contribution in [-0.4, -0.2) is 4.98 Å². The molecule has 1 aromatic heterocycles. The van der Waals surface area contributed by atoms with Crippen LogP contribution in [0.1, 0.15) is 82.8 Å². The third-order valence-corrected chi connectivity index (χ3v) is 6.46. The van der Waals surface area contributed by atoms with Gasteiger partial charge in [0, 0.05) is 11.8 Å². The largest absolute Gasteiger partial charge is 0.256 e. The Morgan fingerprint density at radius 1 is 0.857 bits per heavy atom. The first-order chi connectivity index (χ1) is 13.7. The van der Waals surface area contributed by atoms with Crippen molar-refractivity contribution in [2.45, 2.75) is 84.5 Å². The maximum atomic E-state index is 14.7. The summed E-state index contributed by atoms with van der Waals surface area (Å²) < 4.78 is 14.7. The lowest BCUT2D eigenvalue weighted by Gasteiger charge is -2.28. The molecule has 0 amide bonds. The third kappa shape index (κ3) is 5.90. The molecule has 1 aliphatic rings. The quantitative estimate of drug-likeness (QED) is 0.432. The zero-order chi connectivity index (χ0) is 19.8. The van der Waals surface area contributed by atoms with Crippen LogP contribution in [-0.2, 0) is 12.8 Å². The van der Waals surface area contributed by atoms with Gasteiger partial charge >= 0.3 is 0 Å². The summed E-state index contributed by atoms with van der Waals surface area (Å²) in [6.07, 6.45) is 15.7. The van der Waals surface area contributed by atoms with Crippen LogP contribution >= 0.6 is 0 Å². The molecule has 1 saturated carbocycles. The molecule has 2 heteroatoms. The summed E-state index contributed by atoms with van der Waals surface area (Å²) in [5, 5.41) is 0. The highest BCUT2D eigenvalue weighted by Crippen LogP contribution is 2.34. The monoisotopic (exact) mass is 381 g/mol. The van der Waals surface area contributed by atoms with Crippen molar-refractivity contribution in [2.75, 3.05) is 0 Å². The summed E-state index contributed by atoms with van der Waals surface area (Å²) in [6, 6.07) is 9.77. The van der Waals surface area contributed by atoms with E-state index in [-0.39, 0.29) is 5.82 Å². The van der Waals surface area contributed by atoms with Crippen LogP contribution in [0.4, 0.5) is 4.39 Å². The van der Waals surface area contributed by atoms with Crippen molar-refractivity contribution < 1.29 is 4.39 Å². The number of unbranched alkanes of at least 4 members (excludes halogenated alkanes) is 1. The standard InChI is InChI=1S/C26H36FN/c1-3-5-7-23-15-17-26(28-19-23)24-16-14-22(18-25(24)27)13-12-21-10-8-20(6-4-2)9-11-21/h14-21H,3-13H2,1-2H3. The first-order valence-corrected chi connectivity index (χ1v) is 11.4. The second-order valence-corrected chi connectivity index (χ2v) is 8.68. The van der Waals surface area contributed by atoms with Gasteiger partial charge in [0.25, 0.3) is 0 Å². The van der Waals surface area contributed by atoms with Crippen LogP contribution in [0.5, 0.6) is 0 Å². The Morgan fingerprint density at radius 3 is 2.18 bits per heavy atom. The zero-order valence-corrected chi connectivity index (χ0v) is 17.7. The van der Waals surface area contributed by atoms with Gasteiger partial charge in [-0.1, -0.05) is 70.9 Å². The average Bonchev–Trinajstić information content (AvgIpc) is 2.72. The first kappa shape index (κ1) is 21.0. The molecule has 0 saturated heterocycles. The lowest BCUT2D eigenvalue weighted by Crippen LogP contribution is -2.15. The van der Waals surface area contributed by atoms with E-state index < -0.39 is 0 Å². The number of hydrogen-bond donors (Lipinski definition) is 0. The average molecular weight is 382 g/mol. The molecule has 0 N–H and O–H groups in total. The van der Waals surface area contributed by atoms with Crippen LogP contribution in [0.15, 0.2) is 36.5 Å². The molecular formula is C26H36FN. The highest BCUT2D eigenvalue weighted by molar-refractivity contribution is 5.60. The molecule has 0 bridgehead atoms. The molecule has 0 atom stereocenters. The highest BCUT2D eigenvalue weighted by atomic mass is 19.1. The second-order valence-electron chi connectivity index (χ2n) is 8.68. The van der Waals surface area contributed by atoms with Crippen LogP contribution < -0.4 is 0 Å². The van der Waals surface area contributed by atoms with Crippen LogP contribution in [0.2, 0.25) is 0 Å². The van der Waals surface area contributed by atoms with Gasteiger partial charge in [-0.25, -0.2) is 4.39 Å². The summed E-state index contributed by atoms with van der Waals surface area (Å²) in [7, 11) is 0. The van der Waals surface area contributed by atoms with Gasteiger partial charge in [-0.2, -0.15) is 0 Å². The minimum atomic E-state index is -0.141. The number of rotatable bonds is 9. The van der Waals surface area contributed by atoms with E-state index in [1.807, 2.05) is 18.3 Å². The zero-order valence-electron chi connectivity index (χ0n) is 17.7. The van der Waals surface area contributed by atoms with E-state index >= 15 is 0 Å². The Bertz CT molecular complexity index is 714. The topological polar surface area (TPSA) is 12.9 Å². The molecule has 1 aliphatic carbocycles. The Hall–Kier alpha value is -1.70. The van der Waals surface area contributed by atoms with E-state index in [0.29, 0.717) is 5.56 Å². The predicted molar refractivity (Wildman–Crippen MR) is 117 cm³/mol. The van der Waals surface area contributed by atoms with Gasteiger partial charge in [0.1, 0.15) is 5.82 Å². The van der Waals surface area contributed by atoms with Gasteiger partial charge in [0.2, 0.25) is 0 Å². The number of aromatic nitrogens is 1. The van der Waals surface area contributed by atoms with E-state index in [1.165, 1.54) is 63.4 Å². The second kappa shape index (κ2) is 10.7. The van der Waals surface area contributed by atoms with Crippen molar-refractivity contribution in [3.8, 4) is 11.3 Å². The summed E-state index contributed by atoms with van der Waals surface area (Å²) in [4.78, 5) is 4.49. The molecule has 28 heavy (non-hydrogen) atoms. The molecule has 3 rings (SSSR count). The third-order valence-electron chi connectivity index (χ3n) is 6.46. The number of benzene rings is 1. The van der Waals surface area contributed by atoms with E-state index in [0.717, 1.165) is 35.9 Å². The fourth-order valence-corrected chi connectivity index (χ4v) is 4.62. The van der Waals surface area contributed by atoms with Gasteiger partial charge < -0.3 is 0 Å². The minimum absolute atomic E-state index is 0.141. The van der Waals surface area contributed by atoms with Crippen molar-refractivity contribution in [2.24, 2.45) is 11.8 Å². The van der Waals surface area contributed by atoms with Gasteiger partial charge in [0.15, 0.2) is 0 Å². The number of pyridine rings is 1. The van der Waals surface area contributed by atoms with E-state index in [2.05, 4.69) is 31.0 Å². The van der Waals surface area contributed by atoms with Crippen molar-refractivity contribution in [3.63, 3.8) is 0 Å². The van der Waals surface area contributed by atoms with E-state index in [1.54, 1.807) is 6.07 Å². The maximum absolute atomic E-state index is 14.7. The Labute approximate surface area is 170 Å². The molecule has 0 unspecified atom stereocenters. The molecule has 152 valence electrons. The van der Waals surface area contributed by atoms with Crippen LogP contribution in [0.3, 0.4) is 0 Å². The summed E-state index contributed by atoms with van der Waals surface area (Å²) in [5.41, 5.74) is 3.71. The van der Waals surface area contributed by atoms with Gasteiger partial charge in [-0.3, -0.25) is 4.98 Å². The number of nitrogens with zero attached hydrogens (tertiary/aromatic N) is 1. The fraction of sp³-hybridized carbons (Fsp3) is 0.577. The fourth-order valence-electron chi connectivity index (χ4n) is 4.62. The molecule has 1 fully saturated rings. The van der Waals surface area contributed by atoms with Crippen LogP contribution in [0.25, 0.3) is 11.3 Å². The summed E-state index contributed by atoms with van der Waals surface area (Å²) >= 11 is 0. The molecule has 1 aromatic carbocycles.